The number of carbonyl (C=O) groups is 1. The molecule has 0 fully saturated rings. The molecule has 0 atom stereocenters. The Morgan fingerprint density at radius 3 is 2.92 bits per heavy atom. The van der Waals surface area contributed by atoms with Gasteiger partial charge < -0.3 is 4.74 Å². The van der Waals surface area contributed by atoms with E-state index in [-0.39, 0.29) is 12.4 Å². The molecule has 0 amide bonds. The van der Waals surface area contributed by atoms with E-state index in [0.717, 1.165) is 15.6 Å². The van der Waals surface area contributed by atoms with E-state index in [1.54, 1.807) is 0 Å². The van der Waals surface area contributed by atoms with E-state index in [4.69, 9.17) is 4.74 Å². The largest absolute Gasteiger partial charge is 0.369 e. The molecule has 0 aliphatic carbocycles. The summed E-state index contributed by atoms with van der Waals surface area (Å²) in [4.78, 5) is 11.4. The molecule has 12 heavy (non-hydrogen) atoms. The van der Waals surface area contributed by atoms with Crippen LogP contribution in [0.1, 0.15) is 15.9 Å². The predicted molar refractivity (Wildman–Crippen MR) is 48.1 cm³/mol. The summed E-state index contributed by atoms with van der Waals surface area (Å²) in [6.07, 6.45) is 0. The Morgan fingerprint density at radius 2 is 2.17 bits per heavy atom. The highest BCUT2D eigenvalue weighted by Crippen LogP contribution is 2.24. The molecule has 1 aliphatic heterocycles. The molecule has 0 aromatic heterocycles. The Hall–Kier alpha value is -0.670. The van der Waals surface area contributed by atoms with E-state index >= 15 is 0 Å². The summed E-state index contributed by atoms with van der Waals surface area (Å²) < 4.78 is 5.96. The molecule has 0 bridgehead atoms. The first kappa shape index (κ1) is 7.95. The van der Waals surface area contributed by atoms with E-state index in [1.165, 1.54) is 0 Å². The molecule has 2 nitrogen and oxygen atoms in total. The van der Waals surface area contributed by atoms with Gasteiger partial charge in [0.15, 0.2) is 5.78 Å². The lowest BCUT2D eigenvalue weighted by Crippen LogP contribution is -2.18. The van der Waals surface area contributed by atoms with Crippen molar-refractivity contribution in [1.82, 2.24) is 0 Å². The zero-order valence-corrected chi connectivity index (χ0v) is 7.93. The SMILES string of the molecule is O=C1COCc2cccc(Br)c21. The van der Waals surface area contributed by atoms with Crippen LogP contribution in [0.3, 0.4) is 0 Å². The van der Waals surface area contributed by atoms with Crippen LogP contribution in [0, 0.1) is 0 Å². The predicted octanol–water partition coefficient (Wildman–Crippen LogP) is 2.16. The molecule has 0 spiro atoms. The molecule has 2 rings (SSSR count). The van der Waals surface area contributed by atoms with Gasteiger partial charge in [-0.25, -0.2) is 0 Å². The summed E-state index contributed by atoms with van der Waals surface area (Å²) in [6, 6.07) is 5.70. The van der Waals surface area contributed by atoms with Crippen LogP contribution >= 0.6 is 15.9 Å². The van der Waals surface area contributed by atoms with Gasteiger partial charge in [0.05, 0.1) is 6.61 Å². The molecular formula is C9H7BrO2. The first-order chi connectivity index (χ1) is 5.79. The van der Waals surface area contributed by atoms with Gasteiger partial charge in [-0.3, -0.25) is 4.79 Å². The molecule has 62 valence electrons. The molecule has 1 heterocycles. The average molecular weight is 227 g/mol. The second kappa shape index (κ2) is 2.99. The van der Waals surface area contributed by atoms with Crippen molar-refractivity contribution < 1.29 is 9.53 Å². The Balaban J connectivity index is 2.60. The minimum absolute atomic E-state index is 0.0590. The number of carbonyl (C=O) groups excluding carboxylic acids is 1. The topological polar surface area (TPSA) is 26.3 Å². The minimum Gasteiger partial charge on any atom is -0.369 e. The van der Waals surface area contributed by atoms with Crippen molar-refractivity contribution in [2.45, 2.75) is 6.61 Å². The van der Waals surface area contributed by atoms with Crippen LogP contribution in [-0.2, 0) is 11.3 Å². The van der Waals surface area contributed by atoms with E-state index in [1.807, 2.05) is 18.2 Å². The van der Waals surface area contributed by atoms with Crippen LogP contribution in [0.2, 0.25) is 0 Å². The summed E-state index contributed by atoms with van der Waals surface area (Å²) in [6.45, 7) is 0.746. The molecule has 0 N–H and O–H groups in total. The maximum Gasteiger partial charge on any atom is 0.189 e. The van der Waals surface area contributed by atoms with Crippen LogP contribution in [0.25, 0.3) is 0 Å². The molecule has 3 heteroatoms. The van der Waals surface area contributed by atoms with Crippen LogP contribution in [0.15, 0.2) is 22.7 Å². The Kier molecular flexibility index (Phi) is 1.98. The van der Waals surface area contributed by atoms with Crippen molar-refractivity contribution in [2.24, 2.45) is 0 Å². The summed E-state index contributed by atoms with van der Waals surface area (Å²) in [5.74, 6) is 0.0590. The molecule has 1 aliphatic rings. The number of halogens is 1. The summed E-state index contributed by atoms with van der Waals surface area (Å²) in [5.41, 5.74) is 1.75. The van der Waals surface area contributed by atoms with Crippen molar-refractivity contribution >= 4 is 21.7 Å². The van der Waals surface area contributed by atoms with Gasteiger partial charge >= 0.3 is 0 Å². The summed E-state index contributed by atoms with van der Waals surface area (Å²) in [7, 11) is 0. The van der Waals surface area contributed by atoms with E-state index in [2.05, 4.69) is 15.9 Å². The molecule has 0 radical (unpaired) electrons. The minimum atomic E-state index is 0.0590. The van der Waals surface area contributed by atoms with Crippen molar-refractivity contribution in [1.29, 1.82) is 0 Å². The van der Waals surface area contributed by atoms with E-state index in [9.17, 15) is 4.79 Å². The Morgan fingerprint density at radius 1 is 1.33 bits per heavy atom. The monoisotopic (exact) mass is 226 g/mol. The molecule has 0 saturated carbocycles. The van der Waals surface area contributed by atoms with Crippen molar-refractivity contribution in [2.75, 3.05) is 6.61 Å². The van der Waals surface area contributed by atoms with Crippen molar-refractivity contribution in [3.05, 3.63) is 33.8 Å². The molecule has 1 aromatic carbocycles. The number of Topliss-reactive ketones (excluding diaryl/α,β-unsaturated/α-hetero) is 1. The van der Waals surface area contributed by atoms with Crippen molar-refractivity contribution in [3.8, 4) is 0 Å². The van der Waals surface area contributed by atoms with E-state index < -0.39 is 0 Å². The van der Waals surface area contributed by atoms with Gasteiger partial charge in [0, 0.05) is 10.0 Å². The number of hydrogen-bond donors (Lipinski definition) is 0. The fourth-order valence-corrected chi connectivity index (χ4v) is 1.96. The highest BCUT2D eigenvalue weighted by Gasteiger charge is 2.19. The number of hydrogen-bond acceptors (Lipinski definition) is 2. The summed E-state index contributed by atoms with van der Waals surface area (Å²) >= 11 is 3.35. The fraction of sp³-hybridized carbons (Fsp3) is 0.222. The van der Waals surface area contributed by atoms with Gasteiger partial charge in [0.1, 0.15) is 6.61 Å². The average Bonchev–Trinajstić information content (AvgIpc) is 2.04. The lowest BCUT2D eigenvalue weighted by Gasteiger charge is -2.15. The van der Waals surface area contributed by atoms with Crippen LogP contribution in [-0.4, -0.2) is 12.4 Å². The van der Waals surface area contributed by atoms with Gasteiger partial charge in [-0.2, -0.15) is 0 Å². The Bertz CT molecular complexity index is 333. The fourth-order valence-electron chi connectivity index (χ4n) is 1.33. The molecule has 1 aromatic rings. The van der Waals surface area contributed by atoms with Crippen LogP contribution in [0.4, 0.5) is 0 Å². The zero-order chi connectivity index (χ0) is 8.55. The van der Waals surface area contributed by atoms with Gasteiger partial charge in [0.2, 0.25) is 0 Å². The maximum atomic E-state index is 11.4. The normalized spacial score (nSPS) is 15.9. The molecular weight excluding hydrogens is 220 g/mol. The van der Waals surface area contributed by atoms with Gasteiger partial charge in [-0.15, -0.1) is 0 Å². The maximum absolute atomic E-state index is 11.4. The van der Waals surface area contributed by atoms with E-state index in [0.29, 0.717) is 6.61 Å². The standard InChI is InChI=1S/C9H7BrO2/c10-7-3-1-2-6-4-12-5-8(11)9(6)7/h1-3H,4-5H2. The first-order valence-electron chi connectivity index (χ1n) is 3.67. The van der Waals surface area contributed by atoms with Crippen LogP contribution in [0.5, 0.6) is 0 Å². The number of ether oxygens (including phenoxy) is 1. The summed E-state index contributed by atoms with van der Waals surface area (Å²) in [5, 5.41) is 0. The first-order valence-corrected chi connectivity index (χ1v) is 4.46. The number of benzene rings is 1. The quantitative estimate of drug-likeness (QED) is 0.678. The number of ketones is 1. The third-order valence-electron chi connectivity index (χ3n) is 1.87. The Labute approximate surface area is 78.7 Å². The lowest BCUT2D eigenvalue weighted by atomic mass is 10.0. The second-order valence-corrected chi connectivity index (χ2v) is 3.54. The van der Waals surface area contributed by atoms with Gasteiger partial charge in [-0.05, 0) is 11.6 Å². The third kappa shape index (κ3) is 1.19. The van der Waals surface area contributed by atoms with Crippen molar-refractivity contribution in [3.63, 3.8) is 0 Å². The third-order valence-corrected chi connectivity index (χ3v) is 2.53. The number of rotatable bonds is 0. The highest BCUT2D eigenvalue weighted by atomic mass is 79.9. The molecule has 0 saturated heterocycles. The van der Waals surface area contributed by atoms with Crippen LogP contribution < -0.4 is 0 Å². The lowest BCUT2D eigenvalue weighted by molar-refractivity contribution is 0.0664. The van der Waals surface area contributed by atoms with Gasteiger partial charge in [0.25, 0.3) is 0 Å². The smallest absolute Gasteiger partial charge is 0.189 e. The zero-order valence-electron chi connectivity index (χ0n) is 6.34. The molecule has 0 unspecified atom stereocenters. The number of fused-ring (bicyclic) bond motifs is 1. The van der Waals surface area contributed by atoms with Gasteiger partial charge in [-0.1, -0.05) is 28.1 Å². The highest BCUT2D eigenvalue weighted by molar-refractivity contribution is 9.10. The second-order valence-electron chi connectivity index (χ2n) is 2.69.